The number of nitrogens with zero attached hydrogens (tertiary/aromatic N) is 1. The third-order valence-electron chi connectivity index (χ3n) is 5.10. The Morgan fingerprint density at radius 3 is 2.20 bits per heavy atom. The van der Waals surface area contributed by atoms with E-state index in [4.69, 9.17) is 4.74 Å². The predicted molar refractivity (Wildman–Crippen MR) is 97.1 cm³/mol. The largest absolute Gasteiger partial charge is 0.469 e. The Bertz CT molecular complexity index is 647. The first-order chi connectivity index (χ1) is 12.2. The minimum absolute atomic E-state index is 0.0676. The maximum atomic E-state index is 11.9. The molecule has 0 spiro atoms. The molecule has 0 aromatic heterocycles. The van der Waals surface area contributed by atoms with Crippen LogP contribution in [0.15, 0.2) is 60.7 Å². The average Bonchev–Trinajstić information content (AvgIpc) is 3.16. The normalized spacial score (nSPS) is 18.2. The molecule has 0 saturated carbocycles. The van der Waals surface area contributed by atoms with Crippen molar-refractivity contribution < 1.29 is 14.6 Å². The molecule has 132 valence electrons. The summed E-state index contributed by atoms with van der Waals surface area (Å²) in [4.78, 5) is 13.8. The number of benzene rings is 2. The van der Waals surface area contributed by atoms with Gasteiger partial charge in [-0.2, -0.15) is 0 Å². The van der Waals surface area contributed by atoms with E-state index in [1.54, 1.807) is 0 Å². The van der Waals surface area contributed by atoms with Gasteiger partial charge in [-0.15, -0.1) is 0 Å². The number of aliphatic hydroxyl groups is 1. The number of carbonyl (C=O) groups excluding carboxylic acids is 1. The lowest BCUT2D eigenvalue weighted by atomic mass is 9.79. The van der Waals surface area contributed by atoms with Gasteiger partial charge in [0.1, 0.15) is 5.60 Å². The van der Waals surface area contributed by atoms with Crippen molar-refractivity contribution in [3.63, 3.8) is 0 Å². The third kappa shape index (κ3) is 3.60. The van der Waals surface area contributed by atoms with E-state index < -0.39 is 5.60 Å². The highest BCUT2D eigenvalue weighted by Gasteiger charge is 2.45. The first kappa shape index (κ1) is 17.6. The van der Waals surface area contributed by atoms with E-state index in [2.05, 4.69) is 4.90 Å². The minimum atomic E-state index is -1.10. The Morgan fingerprint density at radius 2 is 1.68 bits per heavy atom. The zero-order chi connectivity index (χ0) is 17.7. The van der Waals surface area contributed by atoms with Gasteiger partial charge in [0.15, 0.2) is 0 Å². The van der Waals surface area contributed by atoms with Crippen LogP contribution in [0.5, 0.6) is 0 Å². The number of ether oxygens (including phenoxy) is 1. The lowest BCUT2D eigenvalue weighted by molar-refractivity contribution is -0.141. The maximum Gasteiger partial charge on any atom is 0.306 e. The summed E-state index contributed by atoms with van der Waals surface area (Å²) in [5.74, 6) is -0.214. The fraction of sp³-hybridized carbons (Fsp3) is 0.381. The summed E-state index contributed by atoms with van der Waals surface area (Å²) in [6.45, 7) is 1.48. The molecule has 2 aromatic rings. The van der Waals surface area contributed by atoms with Crippen molar-refractivity contribution in [1.29, 1.82) is 0 Å². The molecule has 4 nitrogen and oxygen atoms in total. The molecule has 1 atom stereocenters. The van der Waals surface area contributed by atoms with E-state index in [1.165, 1.54) is 7.11 Å². The van der Waals surface area contributed by atoms with Crippen molar-refractivity contribution in [2.45, 2.75) is 30.9 Å². The van der Waals surface area contributed by atoms with Crippen LogP contribution >= 0.6 is 0 Å². The molecule has 0 aliphatic carbocycles. The molecule has 2 aromatic carbocycles. The number of hydrogen-bond donors (Lipinski definition) is 1. The van der Waals surface area contributed by atoms with Gasteiger partial charge in [0.25, 0.3) is 0 Å². The smallest absolute Gasteiger partial charge is 0.306 e. The molecule has 4 heteroatoms. The van der Waals surface area contributed by atoms with E-state index >= 15 is 0 Å². The zero-order valence-corrected chi connectivity index (χ0v) is 14.6. The lowest BCUT2D eigenvalue weighted by Gasteiger charge is -2.40. The Labute approximate surface area is 149 Å². The van der Waals surface area contributed by atoms with Crippen LogP contribution in [0, 0.1) is 0 Å². The van der Waals surface area contributed by atoms with Crippen molar-refractivity contribution in [1.82, 2.24) is 4.90 Å². The van der Waals surface area contributed by atoms with Crippen molar-refractivity contribution in [2.75, 3.05) is 20.2 Å². The monoisotopic (exact) mass is 339 g/mol. The second kappa shape index (κ2) is 7.81. The summed E-state index contributed by atoms with van der Waals surface area (Å²) < 4.78 is 4.77. The fourth-order valence-corrected chi connectivity index (χ4v) is 3.84. The number of hydrogen-bond acceptors (Lipinski definition) is 4. The second-order valence-corrected chi connectivity index (χ2v) is 6.52. The predicted octanol–water partition coefficient (Wildman–Crippen LogP) is 2.95. The van der Waals surface area contributed by atoms with Gasteiger partial charge in [0.05, 0.1) is 13.5 Å². The van der Waals surface area contributed by atoms with Gasteiger partial charge in [-0.05, 0) is 30.5 Å². The molecule has 1 heterocycles. The number of carbonyl (C=O) groups is 1. The Kier molecular flexibility index (Phi) is 5.51. The van der Waals surface area contributed by atoms with Crippen molar-refractivity contribution in [2.24, 2.45) is 0 Å². The van der Waals surface area contributed by atoms with Gasteiger partial charge in [-0.1, -0.05) is 60.7 Å². The Balaban J connectivity index is 1.95. The van der Waals surface area contributed by atoms with Crippen molar-refractivity contribution in [3.05, 3.63) is 71.8 Å². The van der Waals surface area contributed by atoms with Crippen molar-refractivity contribution >= 4 is 5.97 Å². The summed E-state index contributed by atoms with van der Waals surface area (Å²) in [6.07, 6.45) is 2.24. The number of likely N-dealkylation sites (tertiary alicyclic amines) is 1. The molecule has 0 bridgehead atoms. The standard InChI is InChI=1S/C21H25NO3/c1-25-20(23)14-16-22-15-8-13-19(22)21(24,17-9-4-2-5-10-17)18-11-6-3-7-12-18/h2-7,9-12,19,24H,8,13-16H2,1H3. The van der Waals surface area contributed by atoms with Crippen LogP contribution in [0.4, 0.5) is 0 Å². The summed E-state index contributed by atoms with van der Waals surface area (Å²) in [5, 5.41) is 11.9. The molecule has 1 aliphatic heterocycles. The van der Waals surface area contributed by atoms with Crippen LogP contribution in [-0.4, -0.2) is 42.2 Å². The molecular formula is C21H25NO3. The first-order valence-corrected chi connectivity index (χ1v) is 8.80. The molecule has 1 aliphatic rings. The summed E-state index contributed by atoms with van der Waals surface area (Å²) in [5.41, 5.74) is 0.669. The Morgan fingerprint density at radius 1 is 1.12 bits per heavy atom. The zero-order valence-electron chi connectivity index (χ0n) is 14.6. The van der Waals surface area contributed by atoms with E-state index in [-0.39, 0.29) is 12.0 Å². The highest BCUT2D eigenvalue weighted by atomic mass is 16.5. The van der Waals surface area contributed by atoms with E-state index in [1.807, 2.05) is 60.7 Å². The van der Waals surface area contributed by atoms with E-state index in [0.717, 1.165) is 30.5 Å². The molecule has 1 unspecified atom stereocenters. The molecular weight excluding hydrogens is 314 g/mol. The van der Waals surface area contributed by atoms with Gasteiger partial charge < -0.3 is 9.84 Å². The topological polar surface area (TPSA) is 49.8 Å². The first-order valence-electron chi connectivity index (χ1n) is 8.80. The summed E-state index contributed by atoms with van der Waals surface area (Å²) in [7, 11) is 1.41. The highest BCUT2D eigenvalue weighted by Crippen LogP contribution is 2.40. The molecule has 1 N–H and O–H groups in total. The van der Waals surface area contributed by atoms with Crippen LogP contribution in [0.3, 0.4) is 0 Å². The van der Waals surface area contributed by atoms with Crippen LogP contribution in [-0.2, 0) is 15.1 Å². The summed E-state index contributed by atoms with van der Waals surface area (Å²) in [6, 6.07) is 19.6. The highest BCUT2D eigenvalue weighted by molar-refractivity contribution is 5.69. The second-order valence-electron chi connectivity index (χ2n) is 6.52. The third-order valence-corrected chi connectivity index (χ3v) is 5.10. The van der Waals surface area contributed by atoms with Gasteiger partial charge in [-0.3, -0.25) is 9.69 Å². The molecule has 1 saturated heterocycles. The SMILES string of the molecule is COC(=O)CCN1CCCC1C(O)(c1ccccc1)c1ccccc1. The Hall–Kier alpha value is -2.17. The van der Waals surface area contributed by atoms with Gasteiger partial charge in [0, 0.05) is 12.6 Å². The average molecular weight is 339 g/mol. The van der Waals surface area contributed by atoms with E-state index in [0.29, 0.717) is 13.0 Å². The number of rotatable bonds is 6. The summed E-state index contributed by atoms with van der Waals surface area (Å²) >= 11 is 0. The van der Waals surface area contributed by atoms with Crippen LogP contribution in [0.1, 0.15) is 30.4 Å². The van der Waals surface area contributed by atoms with Crippen LogP contribution in [0.25, 0.3) is 0 Å². The van der Waals surface area contributed by atoms with Gasteiger partial charge in [-0.25, -0.2) is 0 Å². The fourth-order valence-electron chi connectivity index (χ4n) is 3.84. The van der Waals surface area contributed by atoms with Gasteiger partial charge in [0.2, 0.25) is 0 Å². The quantitative estimate of drug-likeness (QED) is 0.822. The van der Waals surface area contributed by atoms with E-state index in [9.17, 15) is 9.90 Å². The molecule has 25 heavy (non-hydrogen) atoms. The van der Waals surface area contributed by atoms with Crippen LogP contribution < -0.4 is 0 Å². The van der Waals surface area contributed by atoms with Gasteiger partial charge >= 0.3 is 5.97 Å². The van der Waals surface area contributed by atoms with Crippen LogP contribution in [0.2, 0.25) is 0 Å². The molecule has 0 amide bonds. The number of methoxy groups -OCH3 is 1. The number of esters is 1. The minimum Gasteiger partial charge on any atom is -0.469 e. The maximum absolute atomic E-state index is 11.9. The molecule has 3 rings (SSSR count). The van der Waals surface area contributed by atoms with Crippen molar-refractivity contribution in [3.8, 4) is 0 Å². The molecule has 0 radical (unpaired) electrons. The molecule has 1 fully saturated rings. The lowest BCUT2D eigenvalue weighted by Crippen LogP contribution is -2.48.